The molecule has 28 heteroatoms. The van der Waals surface area contributed by atoms with Crippen LogP contribution in [0.5, 0.6) is 0 Å². The summed E-state index contributed by atoms with van der Waals surface area (Å²) in [6.45, 7) is 0. The fraction of sp³-hybridized carbons (Fsp3) is 1.00. The second-order valence-corrected chi connectivity index (χ2v) is 9.94. The average molecular weight is 670 g/mol. The van der Waals surface area contributed by atoms with E-state index >= 15 is 0 Å². The fourth-order valence-corrected chi connectivity index (χ4v) is 5.09. The van der Waals surface area contributed by atoms with Gasteiger partial charge in [-0.25, -0.2) is 0 Å². The first kappa shape index (κ1) is 37.6. The Bertz CT molecular complexity index is 685. The second kappa shape index (κ2) is 9.87. The van der Waals surface area contributed by atoms with Crippen LogP contribution in [0.4, 0.5) is 105 Å². The predicted octanol–water partition coefficient (Wildman–Crippen LogP) is 8.85. The molecular formula is C11H3F24O3P. The zero-order valence-corrected chi connectivity index (χ0v) is 17.4. The van der Waals surface area contributed by atoms with Crippen molar-refractivity contribution in [2.24, 2.45) is 0 Å². The Labute approximate surface area is 195 Å². The summed E-state index contributed by atoms with van der Waals surface area (Å²) in [4.78, 5) is 0. The van der Waals surface area contributed by atoms with Gasteiger partial charge in [-0.2, -0.15) is 0 Å². The normalized spacial score (nSPS) is 17.3. The van der Waals surface area contributed by atoms with Gasteiger partial charge in [0.05, 0.1) is 0 Å². The van der Waals surface area contributed by atoms with Crippen molar-refractivity contribution in [1.82, 2.24) is 0 Å². The Kier molecular flexibility index (Phi) is 9.53. The van der Waals surface area contributed by atoms with E-state index in [1.165, 1.54) is 13.6 Å². The molecule has 0 aromatic carbocycles. The molecule has 0 heterocycles. The van der Waals surface area contributed by atoms with Gasteiger partial charge in [-0.1, -0.05) is 0 Å². The molecule has 0 amide bonds. The molecule has 0 aromatic rings. The third-order valence-corrected chi connectivity index (χ3v) is 7.08. The molecule has 238 valence electrons. The number of halogens is 24. The van der Waals surface area contributed by atoms with E-state index in [0.29, 0.717) is 0 Å². The fourth-order valence-electron chi connectivity index (χ4n) is 2.07. The van der Waals surface area contributed by atoms with E-state index in [9.17, 15) is 105 Å². The van der Waals surface area contributed by atoms with Gasteiger partial charge in [0.1, 0.15) is 0 Å². The van der Waals surface area contributed by atoms with Crippen molar-refractivity contribution >= 4 is 7.28 Å². The summed E-state index contributed by atoms with van der Waals surface area (Å²) in [5.74, 6) is -18.1. The Morgan fingerprint density at radius 2 is 0.410 bits per heavy atom. The summed E-state index contributed by atoms with van der Waals surface area (Å²) in [5.41, 5.74) is 0. The van der Waals surface area contributed by atoms with Crippen LogP contribution < -0.4 is 0 Å². The zero-order chi connectivity index (χ0) is 32.3. The summed E-state index contributed by atoms with van der Waals surface area (Å²) in [6.07, 6.45) is -68.4. The van der Waals surface area contributed by atoms with Crippen molar-refractivity contribution in [3.05, 3.63) is 0 Å². The van der Waals surface area contributed by atoms with Crippen LogP contribution in [0.3, 0.4) is 0 Å². The molecule has 0 N–H and O–H groups in total. The molecule has 0 radical (unpaired) electrons. The minimum absolute atomic E-state index is 1.51. The molecule has 0 unspecified atom stereocenters. The van der Waals surface area contributed by atoms with Crippen molar-refractivity contribution in [2.75, 3.05) is 0 Å². The number of hydrogen-bond donors (Lipinski definition) is 0. The van der Waals surface area contributed by atoms with E-state index in [-0.39, 0.29) is 0 Å². The SMILES string of the molecule is FC(F)(F)C(OP(OC(C(F)(F)F)C(F)(F)F)(OC(C(F)(F)F)C(F)(F)F)(C(F)(F)F)C(F)(F)F)C(F)(F)F. The van der Waals surface area contributed by atoms with Crippen LogP contribution >= 0.6 is 7.28 Å². The van der Waals surface area contributed by atoms with Gasteiger partial charge in [-0.3, -0.25) is 0 Å². The molecule has 0 aliphatic heterocycles. The van der Waals surface area contributed by atoms with Crippen LogP contribution in [-0.4, -0.2) is 67.2 Å². The van der Waals surface area contributed by atoms with Crippen molar-refractivity contribution in [3.8, 4) is 0 Å². The van der Waals surface area contributed by atoms with Gasteiger partial charge in [0.15, 0.2) is 0 Å². The zero-order valence-electron chi connectivity index (χ0n) is 16.5. The standard InChI is InChI=1S/C11H3F24O3P/c12-4(13,14)1(5(15,16)17)36-39(10(30,31)32,11(33,34)35,37-2(6(18,19)20)7(21,22)23)38-3(8(24,25)26)9(27,28)29/h1-3H. The molecule has 3 nitrogen and oxygen atoms in total. The summed E-state index contributed by atoms with van der Waals surface area (Å²) >= 11 is 0. The van der Waals surface area contributed by atoms with Gasteiger partial charge in [-0.15, -0.1) is 0 Å². The van der Waals surface area contributed by atoms with Gasteiger partial charge in [0.2, 0.25) is 0 Å². The average Bonchev–Trinajstić information content (AvgIpc) is 2.52. The molecule has 0 saturated carbocycles. The third kappa shape index (κ3) is 7.48. The number of alkyl halides is 24. The van der Waals surface area contributed by atoms with Crippen LogP contribution in [0.1, 0.15) is 0 Å². The minimum atomic E-state index is -12.5. The van der Waals surface area contributed by atoms with E-state index in [0.717, 1.165) is 0 Å². The van der Waals surface area contributed by atoms with Gasteiger partial charge in [-0.05, 0) is 0 Å². The third-order valence-electron chi connectivity index (χ3n) is 3.55. The van der Waals surface area contributed by atoms with E-state index < -0.39 is 74.5 Å². The van der Waals surface area contributed by atoms with Gasteiger partial charge in [0, 0.05) is 0 Å². The van der Waals surface area contributed by atoms with E-state index in [2.05, 4.69) is 0 Å². The molecule has 0 fully saturated rings. The second-order valence-electron chi connectivity index (χ2n) is 6.52. The predicted molar refractivity (Wildman–Crippen MR) is 70.0 cm³/mol. The Balaban J connectivity index is 8.49. The molecule has 0 rings (SSSR count). The van der Waals surface area contributed by atoms with Gasteiger partial charge >= 0.3 is 193 Å². The monoisotopic (exact) mass is 670 g/mol. The first-order chi connectivity index (χ1) is 16.4. The van der Waals surface area contributed by atoms with E-state index in [4.69, 9.17) is 0 Å². The quantitative estimate of drug-likeness (QED) is 0.209. The summed E-state index contributed by atoms with van der Waals surface area (Å²) in [6, 6.07) is 0. The van der Waals surface area contributed by atoms with Gasteiger partial charge < -0.3 is 0 Å². The van der Waals surface area contributed by atoms with Crippen LogP contribution in [0.25, 0.3) is 0 Å². The van der Waals surface area contributed by atoms with E-state index in [1.54, 1.807) is 0 Å². The molecular weight excluding hydrogens is 667 g/mol. The number of hydrogen-bond acceptors (Lipinski definition) is 3. The molecule has 0 bridgehead atoms. The topological polar surface area (TPSA) is 27.7 Å². The maximum absolute atomic E-state index is 13.7. The van der Waals surface area contributed by atoms with Crippen LogP contribution in [0.15, 0.2) is 0 Å². The van der Waals surface area contributed by atoms with Crippen molar-refractivity contribution in [3.63, 3.8) is 0 Å². The molecule has 0 aromatic heterocycles. The maximum atomic E-state index is 13.7. The summed E-state index contributed by atoms with van der Waals surface area (Å²) in [5, 5.41) is 0. The summed E-state index contributed by atoms with van der Waals surface area (Å²) in [7, 11) is -12.5. The van der Waals surface area contributed by atoms with Crippen LogP contribution in [0.2, 0.25) is 0 Å². The Morgan fingerprint density at radius 3 is 0.487 bits per heavy atom. The Hall–Kier alpha value is -1.37. The van der Waals surface area contributed by atoms with Crippen LogP contribution in [0, 0.1) is 0 Å². The molecule has 0 spiro atoms. The summed E-state index contributed by atoms with van der Waals surface area (Å²) < 4.78 is 316. The number of rotatable bonds is 6. The molecule has 39 heavy (non-hydrogen) atoms. The first-order valence-electron chi connectivity index (χ1n) is 7.97. The van der Waals surface area contributed by atoms with Crippen LogP contribution in [-0.2, 0) is 13.6 Å². The Morgan fingerprint density at radius 1 is 0.282 bits per heavy atom. The molecule has 0 saturated heterocycles. The van der Waals surface area contributed by atoms with Crippen molar-refractivity contribution in [2.45, 2.75) is 67.2 Å². The van der Waals surface area contributed by atoms with E-state index in [1.807, 2.05) is 0 Å². The first-order valence-corrected chi connectivity index (χ1v) is 9.96. The molecule has 0 aliphatic rings. The molecule has 0 atom stereocenters. The van der Waals surface area contributed by atoms with Crippen molar-refractivity contribution in [1.29, 1.82) is 0 Å². The molecule has 0 aliphatic carbocycles. The van der Waals surface area contributed by atoms with Gasteiger partial charge in [0.25, 0.3) is 0 Å². The van der Waals surface area contributed by atoms with Crippen molar-refractivity contribution < 1.29 is 119 Å².